The number of aryl methyl sites for hydroxylation is 2. The number of carboxylic acid groups (broad SMARTS) is 1. The molecular formula is C15H20FNO3S. The molecule has 1 N–H and O–H groups in total. The summed E-state index contributed by atoms with van der Waals surface area (Å²) in [5.74, 6) is -1.73. The van der Waals surface area contributed by atoms with E-state index in [2.05, 4.69) is 6.92 Å². The molecule has 0 radical (unpaired) electrons. The zero-order valence-electron chi connectivity index (χ0n) is 12.3. The molecule has 1 unspecified atom stereocenters. The molecule has 21 heavy (non-hydrogen) atoms. The Hall–Kier alpha value is -1.43. The Morgan fingerprint density at radius 3 is 2.71 bits per heavy atom. The molecule has 2 heterocycles. The highest BCUT2D eigenvalue weighted by Crippen LogP contribution is 2.30. The van der Waals surface area contributed by atoms with Gasteiger partial charge >= 0.3 is 5.97 Å². The second-order valence-electron chi connectivity index (χ2n) is 5.41. The van der Waals surface area contributed by atoms with Gasteiger partial charge in [0.1, 0.15) is 0 Å². The third kappa shape index (κ3) is 3.10. The van der Waals surface area contributed by atoms with E-state index in [1.165, 1.54) is 21.1 Å². The smallest absolute Gasteiger partial charge is 0.343 e. The second kappa shape index (κ2) is 6.13. The molecule has 1 aromatic rings. The number of amides is 1. The van der Waals surface area contributed by atoms with Crippen LogP contribution in [0.5, 0.6) is 0 Å². The number of likely N-dealkylation sites (tertiary alicyclic amines) is 1. The first-order chi connectivity index (χ1) is 9.91. The summed E-state index contributed by atoms with van der Waals surface area (Å²) < 4.78 is 14.0. The van der Waals surface area contributed by atoms with Crippen LogP contribution in [0.1, 0.15) is 46.8 Å². The van der Waals surface area contributed by atoms with Crippen LogP contribution in [-0.2, 0) is 17.6 Å². The molecule has 1 fully saturated rings. The maximum absolute atomic E-state index is 14.0. The van der Waals surface area contributed by atoms with Crippen LogP contribution in [-0.4, -0.2) is 40.6 Å². The van der Waals surface area contributed by atoms with Gasteiger partial charge in [0.05, 0.1) is 11.4 Å². The lowest BCUT2D eigenvalue weighted by molar-refractivity contribution is -0.149. The molecule has 1 saturated heterocycles. The van der Waals surface area contributed by atoms with Crippen molar-refractivity contribution < 1.29 is 19.1 Å². The van der Waals surface area contributed by atoms with E-state index in [0.717, 1.165) is 24.8 Å². The van der Waals surface area contributed by atoms with E-state index in [1.54, 1.807) is 0 Å². The molecule has 0 aromatic carbocycles. The largest absolute Gasteiger partial charge is 0.479 e. The number of halogens is 1. The minimum atomic E-state index is -2.30. The van der Waals surface area contributed by atoms with Crippen molar-refractivity contribution in [3.63, 3.8) is 0 Å². The number of aliphatic carboxylic acids is 1. The second-order valence-corrected chi connectivity index (χ2v) is 6.55. The Morgan fingerprint density at radius 1 is 1.48 bits per heavy atom. The molecule has 6 heteroatoms. The lowest BCUT2D eigenvalue weighted by atomic mass is 10.1. The van der Waals surface area contributed by atoms with Crippen LogP contribution in [0.15, 0.2) is 6.07 Å². The Balaban J connectivity index is 2.16. The quantitative estimate of drug-likeness (QED) is 0.909. The van der Waals surface area contributed by atoms with Crippen LogP contribution in [0, 0.1) is 0 Å². The molecule has 0 aliphatic carbocycles. The fourth-order valence-corrected chi connectivity index (χ4v) is 3.91. The summed E-state index contributed by atoms with van der Waals surface area (Å²) in [6.07, 6.45) is 2.67. The molecule has 1 aliphatic rings. The molecule has 4 nitrogen and oxygen atoms in total. The normalized spacial score (nSPS) is 21.8. The molecule has 1 amide bonds. The Labute approximate surface area is 127 Å². The van der Waals surface area contributed by atoms with Crippen LogP contribution in [0.4, 0.5) is 4.39 Å². The predicted molar refractivity (Wildman–Crippen MR) is 79.7 cm³/mol. The Bertz CT molecular complexity index is 557. The average Bonchev–Trinajstić information content (AvgIpc) is 3.03. The van der Waals surface area contributed by atoms with Gasteiger partial charge in [-0.2, -0.15) is 0 Å². The number of alkyl halides is 1. The van der Waals surface area contributed by atoms with Gasteiger partial charge < -0.3 is 10.0 Å². The lowest BCUT2D eigenvalue weighted by Crippen LogP contribution is -2.38. The van der Waals surface area contributed by atoms with E-state index in [4.69, 9.17) is 5.11 Å². The fourth-order valence-electron chi connectivity index (χ4n) is 2.59. The van der Waals surface area contributed by atoms with Crippen molar-refractivity contribution in [3.8, 4) is 0 Å². The van der Waals surface area contributed by atoms with E-state index in [1.807, 2.05) is 13.0 Å². The first-order valence-corrected chi connectivity index (χ1v) is 8.06. The molecule has 116 valence electrons. The van der Waals surface area contributed by atoms with Gasteiger partial charge in [-0.05, 0) is 24.5 Å². The van der Waals surface area contributed by atoms with Gasteiger partial charge in [0.2, 0.25) is 5.67 Å². The minimum absolute atomic E-state index is 0.137. The molecule has 2 rings (SSSR count). The fraction of sp³-hybridized carbons (Fsp3) is 0.600. The van der Waals surface area contributed by atoms with Crippen molar-refractivity contribution >= 4 is 23.2 Å². The number of nitrogens with zero attached hydrogens (tertiary/aromatic N) is 1. The van der Waals surface area contributed by atoms with Crippen LogP contribution < -0.4 is 0 Å². The number of rotatable bonds is 5. The number of carboxylic acids is 1. The van der Waals surface area contributed by atoms with Gasteiger partial charge in [-0.3, -0.25) is 4.79 Å². The van der Waals surface area contributed by atoms with E-state index in [-0.39, 0.29) is 25.4 Å². The van der Waals surface area contributed by atoms with Gasteiger partial charge in [0.25, 0.3) is 5.91 Å². The molecule has 1 aliphatic heterocycles. The lowest BCUT2D eigenvalue weighted by Gasteiger charge is -2.16. The Kier molecular flexibility index (Phi) is 4.66. The topological polar surface area (TPSA) is 57.6 Å². The summed E-state index contributed by atoms with van der Waals surface area (Å²) in [6.45, 7) is 3.93. The third-order valence-corrected chi connectivity index (χ3v) is 5.08. The number of carbonyl (C=O) groups excluding carboxylic acids is 1. The van der Waals surface area contributed by atoms with Crippen molar-refractivity contribution in [2.24, 2.45) is 0 Å². The SMILES string of the molecule is CCCc1sc(C(=O)N2CCC(F)(C(=O)O)C2)cc1CC. The van der Waals surface area contributed by atoms with Crippen LogP contribution >= 0.6 is 11.3 Å². The highest BCUT2D eigenvalue weighted by Gasteiger charge is 2.47. The van der Waals surface area contributed by atoms with Gasteiger partial charge in [-0.25, -0.2) is 9.18 Å². The summed E-state index contributed by atoms with van der Waals surface area (Å²) in [5, 5.41) is 8.89. The van der Waals surface area contributed by atoms with E-state index < -0.39 is 11.6 Å². The van der Waals surface area contributed by atoms with Crippen molar-refractivity contribution in [2.45, 2.75) is 45.2 Å². The van der Waals surface area contributed by atoms with E-state index in [9.17, 15) is 14.0 Å². The van der Waals surface area contributed by atoms with Gasteiger partial charge in [0.15, 0.2) is 0 Å². The number of hydrogen-bond acceptors (Lipinski definition) is 3. The van der Waals surface area contributed by atoms with E-state index in [0.29, 0.717) is 4.88 Å². The summed E-state index contributed by atoms with van der Waals surface area (Å²) in [6, 6.07) is 1.87. The molecular weight excluding hydrogens is 293 g/mol. The van der Waals surface area contributed by atoms with Crippen LogP contribution in [0.3, 0.4) is 0 Å². The maximum Gasteiger partial charge on any atom is 0.343 e. The van der Waals surface area contributed by atoms with Gasteiger partial charge in [0, 0.05) is 17.8 Å². The Morgan fingerprint density at radius 2 is 2.19 bits per heavy atom. The summed E-state index contributed by atoms with van der Waals surface area (Å²) in [4.78, 5) is 26.4. The summed E-state index contributed by atoms with van der Waals surface area (Å²) in [7, 11) is 0. The van der Waals surface area contributed by atoms with Crippen LogP contribution in [0.25, 0.3) is 0 Å². The zero-order chi connectivity index (χ0) is 15.6. The monoisotopic (exact) mass is 313 g/mol. The molecule has 0 saturated carbocycles. The highest BCUT2D eigenvalue weighted by molar-refractivity contribution is 7.14. The number of thiophene rings is 1. The maximum atomic E-state index is 14.0. The highest BCUT2D eigenvalue weighted by atomic mass is 32.1. The number of hydrogen-bond donors (Lipinski definition) is 1. The van der Waals surface area contributed by atoms with Crippen molar-refractivity contribution in [3.05, 3.63) is 21.4 Å². The van der Waals surface area contributed by atoms with Crippen molar-refractivity contribution in [1.29, 1.82) is 0 Å². The van der Waals surface area contributed by atoms with Crippen molar-refractivity contribution in [2.75, 3.05) is 13.1 Å². The average molecular weight is 313 g/mol. The van der Waals surface area contributed by atoms with Crippen LogP contribution in [0.2, 0.25) is 0 Å². The first kappa shape index (κ1) is 15.9. The third-order valence-electron chi connectivity index (χ3n) is 3.86. The molecule has 0 bridgehead atoms. The summed E-state index contributed by atoms with van der Waals surface area (Å²) in [5.41, 5.74) is -1.14. The molecule has 1 atom stereocenters. The zero-order valence-corrected chi connectivity index (χ0v) is 13.1. The molecule has 1 aromatic heterocycles. The predicted octanol–water partition coefficient (Wildman–Crippen LogP) is 2.90. The van der Waals surface area contributed by atoms with Gasteiger partial charge in [-0.15, -0.1) is 11.3 Å². The van der Waals surface area contributed by atoms with Crippen molar-refractivity contribution in [1.82, 2.24) is 4.90 Å². The standard InChI is InChI=1S/C15H20FNO3S/c1-3-5-11-10(4-2)8-12(21-11)13(18)17-7-6-15(16,9-17)14(19)20/h8H,3-7,9H2,1-2H3,(H,19,20). The number of carbonyl (C=O) groups is 2. The van der Waals surface area contributed by atoms with E-state index >= 15 is 0 Å². The minimum Gasteiger partial charge on any atom is -0.479 e. The molecule has 0 spiro atoms. The van der Waals surface area contributed by atoms with Gasteiger partial charge in [-0.1, -0.05) is 20.3 Å². The first-order valence-electron chi connectivity index (χ1n) is 7.24. The summed E-state index contributed by atoms with van der Waals surface area (Å²) >= 11 is 1.45.